The first-order valence-corrected chi connectivity index (χ1v) is 7.64. The Labute approximate surface area is 128 Å². The standard InChI is InChI=1S/C14H20ClN3O3/c1-2-21-12(19)6-7-16-13-11(15)8-17-18(14(13)20)9-10-4-3-5-10/h8,10,16H,2-7,9H2,1H3. The van der Waals surface area contributed by atoms with Gasteiger partial charge in [-0.2, -0.15) is 5.10 Å². The van der Waals surface area contributed by atoms with E-state index in [1.54, 1.807) is 6.92 Å². The maximum Gasteiger partial charge on any atom is 0.307 e. The smallest absolute Gasteiger partial charge is 0.307 e. The molecule has 0 atom stereocenters. The highest BCUT2D eigenvalue weighted by atomic mass is 35.5. The lowest BCUT2D eigenvalue weighted by Gasteiger charge is -2.25. The molecule has 6 nitrogen and oxygen atoms in total. The van der Waals surface area contributed by atoms with Crippen LogP contribution in [0.5, 0.6) is 0 Å². The van der Waals surface area contributed by atoms with Gasteiger partial charge in [0.15, 0.2) is 0 Å². The molecule has 0 unspecified atom stereocenters. The summed E-state index contributed by atoms with van der Waals surface area (Å²) < 4.78 is 6.28. The van der Waals surface area contributed by atoms with Crippen molar-refractivity contribution in [3.05, 3.63) is 21.6 Å². The minimum absolute atomic E-state index is 0.189. The lowest BCUT2D eigenvalue weighted by Crippen LogP contribution is -2.31. The number of halogens is 1. The summed E-state index contributed by atoms with van der Waals surface area (Å²) in [5, 5.41) is 7.26. The van der Waals surface area contributed by atoms with Gasteiger partial charge in [0.1, 0.15) is 5.69 Å². The Bertz CT molecular complexity index is 555. The molecule has 7 heteroatoms. The first kappa shape index (κ1) is 15.8. The van der Waals surface area contributed by atoms with E-state index in [2.05, 4.69) is 10.4 Å². The Morgan fingerprint density at radius 3 is 2.95 bits per heavy atom. The van der Waals surface area contributed by atoms with Gasteiger partial charge in [-0.1, -0.05) is 18.0 Å². The molecule has 1 aromatic rings. The molecular formula is C14H20ClN3O3. The van der Waals surface area contributed by atoms with Crippen molar-refractivity contribution in [3.63, 3.8) is 0 Å². The first-order valence-electron chi connectivity index (χ1n) is 7.27. The fourth-order valence-corrected chi connectivity index (χ4v) is 2.39. The highest BCUT2D eigenvalue weighted by molar-refractivity contribution is 6.33. The van der Waals surface area contributed by atoms with Crippen LogP contribution in [0.2, 0.25) is 5.02 Å². The monoisotopic (exact) mass is 313 g/mol. The number of aromatic nitrogens is 2. The van der Waals surface area contributed by atoms with E-state index < -0.39 is 0 Å². The lowest BCUT2D eigenvalue weighted by molar-refractivity contribution is -0.142. The molecule has 1 fully saturated rings. The highest BCUT2D eigenvalue weighted by Gasteiger charge is 2.20. The summed E-state index contributed by atoms with van der Waals surface area (Å²) in [5.41, 5.74) is 0.0635. The van der Waals surface area contributed by atoms with E-state index in [0.29, 0.717) is 31.3 Å². The van der Waals surface area contributed by atoms with Gasteiger partial charge in [0, 0.05) is 13.1 Å². The van der Waals surface area contributed by atoms with E-state index in [4.69, 9.17) is 16.3 Å². The number of rotatable bonds is 7. The molecule has 1 N–H and O–H groups in total. The van der Waals surface area contributed by atoms with Gasteiger partial charge < -0.3 is 10.1 Å². The average molecular weight is 314 g/mol. The van der Waals surface area contributed by atoms with Crippen LogP contribution in [0, 0.1) is 5.92 Å². The van der Waals surface area contributed by atoms with Crippen molar-refractivity contribution in [2.45, 2.75) is 39.2 Å². The number of hydrogen-bond acceptors (Lipinski definition) is 5. The van der Waals surface area contributed by atoms with E-state index in [9.17, 15) is 9.59 Å². The van der Waals surface area contributed by atoms with Gasteiger partial charge in [-0.15, -0.1) is 0 Å². The topological polar surface area (TPSA) is 73.2 Å². The molecule has 0 spiro atoms. The maximum atomic E-state index is 12.3. The Balaban J connectivity index is 1.98. The molecule has 0 radical (unpaired) electrons. The van der Waals surface area contributed by atoms with Crippen LogP contribution in [0.15, 0.2) is 11.0 Å². The molecule has 0 bridgehead atoms. The molecule has 1 heterocycles. The van der Waals surface area contributed by atoms with Crippen LogP contribution in [-0.4, -0.2) is 28.9 Å². The number of ether oxygens (including phenoxy) is 1. The third kappa shape index (κ3) is 4.20. The van der Waals surface area contributed by atoms with Crippen LogP contribution in [-0.2, 0) is 16.1 Å². The summed E-state index contributed by atoms with van der Waals surface area (Å²) in [7, 11) is 0. The Hall–Kier alpha value is -1.56. The zero-order valence-corrected chi connectivity index (χ0v) is 12.9. The van der Waals surface area contributed by atoms with Crippen LogP contribution in [0.4, 0.5) is 5.69 Å². The van der Waals surface area contributed by atoms with Crippen LogP contribution in [0.25, 0.3) is 0 Å². The van der Waals surface area contributed by atoms with Crippen molar-refractivity contribution in [2.24, 2.45) is 5.92 Å². The largest absolute Gasteiger partial charge is 0.466 e. The first-order chi connectivity index (χ1) is 10.1. The van der Waals surface area contributed by atoms with Crippen LogP contribution >= 0.6 is 11.6 Å². The van der Waals surface area contributed by atoms with Gasteiger partial charge in [-0.25, -0.2) is 4.68 Å². The Morgan fingerprint density at radius 1 is 1.57 bits per heavy atom. The van der Waals surface area contributed by atoms with E-state index in [1.165, 1.54) is 17.3 Å². The number of hydrogen-bond donors (Lipinski definition) is 1. The highest BCUT2D eigenvalue weighted by Crippen LogP contribution is 2.27. The quantitative estimate of drug-likeness (QED) is 0.780. The summed E-state index contributed by atoms with van der Waals surface area (Å²) in [4.78, 5) is 23.6. The van der Waals surface area contributed by atoms with Crippen LogP contribution in [0.1, 0.15) is 32.6 Å². The predicted molar refractivity (Wildman–Crippen MR) is 80.6 cm³/mol. The summed E-state index contributed by atoms with van der Waals surface area (Å²) in [6.45, 7) is 3.04. The summed E-state index contributed by atoms with van der Waals surface area (Å²) in [6.07, 6.45) is 5.16. The molecule has 0 aliphatic heterocycles. The van der Waals surface area contributed by atoms with Gasteiger partial charge in [-0.05, 0) is 25.7 Å². The molecule has 0 amide bonds. The summed E-state index contributed by atoms with van der Waals surface area (Å²) in [5.74, 6) is 0.230. The number of anilines is 1. The molecule has 2 rings (SSSR count). The fraction of sp³-hybridized carbons (Fsp3) is 0.643. The Kier molecular flexibility index (Phi) is 5.61. The van der Waals surface area contributed by atoms with Crippen molar-refractivity contribution in [1.29, 1.82) is 0 Å². The van der Waals surface area contributed by atoms with E-state index in [0.717, 1.165) is 12.8 Å². The molecule has 0 saturated heterocycles. The van der Waals surface area contributed by atoms with Crippen molar-refractivity contribution < 1.29 is 9.53 Å². The second-order valence-corrected chi connectivity index (χ2v) is 5.54. The van der Waals surface area contributed by atoms with Crippen molar-refractivity contribution in [1.82, 2.24) is 9.78 Å². The molecule has 116 valence electrons. The van der Waals surface area contributed by atoms with E-state index in [-0.39, 0.29) is 23.0 Å². The van der Waals surface area contributed by atoms with Crippen LogP contribution in [0.3, 0.4) is 0 Å². The van der Waals surface area contributed by atoms with Gasteiger partial charge >= 0.3 is 5.97 Å². The number of nitrogens with zero attached hydrogens (tertiary/aromatic N) is 2. The molecule has 1 aliphatic carbocycles. The molecule has 1 saturated carbocycles. The summed E-state index contributed by atoms with van der Waals surface area (Å²) in [6, 6.07) is 0. The second kappa shape index (κ2) is 7.45. The van der Waals surface area contributed by atoms with E-state index >= 15 is 0 Å². The molecule has 0 aromatic carbocycles. The maximum absolute atomic E-state index is 12.3. The molecule has 1 aliphatic rings. The zero-order chi connectivity index (χ0) is 15.2. The van der Waals surface area contributed by atoms with E-state index in [1.807, 2.05) is 0 Å². The number of carbonyl (C=O) groups excluding carboxylic acids is 1. The minimum Gasteiger partial charge on any atom is -0.466 e. The average Bonchev–Trinajstić information content (AvgIpc) is 2.40. The lowest BCUT2D eigenvalue weighted by atomic mass is 9.85. The zero-order valence-electron chi connectivity index (χ0n) is 12.1. The summed E-state index contributed by atoms with van der Waals surface area (Å²) >= 11 is 6.01. The normalized spacial score (nSPS) is 14.6. The fourth-order valence-electron chi connectivity index (χ4n) is 2.20. The van der Waals surface area contributed by atoms with Crippen LogP contribution < -0.4 is 10.9 Å². The van der Waals surface area contributed by atoms with Gasteiger partial charge in [0.05, 0.1) is 24.2 Å². The van der Waals surface area contributed by atoms with Crippen molar-refractivity contribution >= 4 is 23.3 Å². The van der Waals surface area contributed by atoms with Gasteiger partial charge in [0.25, 0.3) is 5.56 Å². The molecular weight excluding hydrogens is 294 g/mol. The Morgan fingerprint density at radius 2 is 2.33 bits per heavy atom. The van der Waals surface area contributed by atoms with Gasteiger partial charge in [-0.3, -0.25) is 9.59 Å². The molecule has 21 heavy (non-hydrogen) atoms. The third-order valence-electron chi connectivity index (χ3n) is 3.59. The number of carbonyl (C=O) groups is 1. The minimum atomic E-state index is -0.301. The number of nitrogens with one attached hydrogen (secondary N) is 1. The van der Waals surface area contributed by atoms with Crippen molar-refractivity contribution in [2.75, 3.05) is 18.5 Å². The molecule has 1 aromatic heterocycles. The number of esters is 1. The third-order valence-corrected chi connectivity index (χ3v) is 3.88. The predicted octanol–water partition coefficient (Wildman–Crippen LogP) is 2.06. The van der Waals surface area contributed by atoms with Gasteiger partial charge in [0.2, 0.25) is 0 Å². The SMILES string of the molecule is CCOC(=O)CCNc1c(Cl)cnn(CC2CCC2)c1=O. The second-order valence-electron chi connectivity index (χ2n) is 5.13. The van der Waals surface area contributed by atoms with Crippen molar-refractivity contribution in [3.8, 4) is 0 Å².